The maximum atomic E-state index is 11.9. The van der Waals surface area contributed by atoms with Crippen LogP contribution in [0, 0.1) is 6.92 Å². The molecule has 152 valence electrons. The highest BCUT2D eigenvalue weighted by Gasteiger charge is 2.14. The fourth-order valence-electron chi connectivity index (χ4n) is 2.35. The van der Waals surface area contributed by atoms with Gasteiger partial charge in [-0.15, -0.1) is 0 Å². The Balaban J connectivity index is 2.57. The fourth-order valence-corrected chi connectivity index (χ4v) is 2.35. The van der Waals surface area contributed by atoms with Crippen molar-refractivity contribution in [2.75, 3.05) is 33.9 Å². The molecule has 0 heterocycles. The predicted molar refractivity (Wildman–Crippen MR) is 109 cm³/mol. The van der Waals surface area contributed by atoms with E-state index >= 15 is 0 Å². The Kier molecular flexibility index (Phi) is 9.64. The lowest BCUT2D eigenvalue weighted by molar-refractivity contribution is -0.121. The van der Waals surface area contributed by atoms with Gasteiger partial charge in [0, 0.05) is 44.8 Å². The Morgan fingerprint density at radius 1 is 1.19 bits per heavy atom. The average molecular weight is 379 g/mol. The Bertz CT molecular complexity index is 624. The lowest BCUT2D eigenvalue weighted by Gasteiger charge is -2.21. The van der Waals surface area contributed by atoms with E-state index in [4.69, 9.17) is 9.47 Å². The van der Waals surface area contributed by atoms with Gasteiger partial charge in [0.25, 0.3) is 0 Å². The van der Waals surface area contributed by atoms with Crippen LogP contribution in [0.1, 0.15) is 38.3 Å². The van der Waals surface area contributed by atoms with Crippen LogP contribution in [0.15, 0.2) is 23.2 Å². The zero-order chi connectivity index (χ0) is 20.3. The molecule has 0 atom stereocenters. The number of aliphatic imine (C=N–C) groups is 1. The lowest BCUT2D eigenvalue weighted by Crippen LogP contribution is -2.48. The first-order chi connectivity index (χ1) is 12.7. The van der Waals surface area contributed by atoms with Crippen molar-refractivity contribution in [2.24, 2.45) is 4.99 Å². The van der Waals surface area contributed by atoms with E-state index in [2.05, 4.69) is 20.9 Å². The zero-order valence-electron chi connectivity index (χ0n) is 17.4. The van der Waals surface area contributed by atoms with Gasteiger partial charge in [0.15, 0.2) is 5.96 Å². The normalized spacial score (nSPS) is 11.9. The molecule has 0 saturated heterocycles. The molecule has 0 spiro atoms. The second-order valence-electron chi connectivity index (χ2n) is 7.38. The summed E-state index contributed by atoms with van der Waals surface area (Å²) in [6.07, 6.45) is 0.837. The van der Waals surface area contributed by atoms with Crippen LogP contribution in [-0.4, -0.2) is 51.3 Å². The minimum absolute atomic E-state index is 0.0806. The molecule has 1 amide bonds. The molecule has 1 aromatic rings. The van der Waals surface area contributed by atoms with Crippen LogP contribution in [0.4, 0.5) is 0 Å². The number of methoxy groups -OCH3 is 1. The first-order valence-electron chi connectivity index (χ1n) is 9.22. The Morgan fingerprint density at radius 2 is 1.93 bits per heavy atom. The van der Waals surface area contributed by atoms with E-state index in [0.717, 1.165) is 23.3 Å². The van der Waals surface area contributed by atoms with Crippen molar-refractivity contribution < 1.29 is 14.3 Å². The van der Waals surface area contributed by atoms with Crippen LogP contribution < -0.4 is 20.7 Å². The number of hydrogen-bond acceptors (Lipinski definition) is 4. The number of carbonyl (C=O) groups is 1. The van der Waals surface area contributed by atoms with Crippen LogP contribution in [0.3, 0.4) is 0 Å². The second kappa shape index (κ2) is 11.4. The summed E-state index contributed by atoms with van der Waals surface area (Å²) in [6.45, 7) is 9.85. The summed E-state index contributed by atoms with van der Waals surface area (Å²) in [5.74, 6) is 1.33. The van der Waals surface area contributed by atoms with Gasteiger partial charge in [-0.2, -0.15) is 0 Å². The third-order valence-corrected chi connectivity index (χ3v) is 3.57. The van der Waals surface area contributed by atoms with Gasteiger partial charge >= 0.3 is 0 Å². The SMILES string of the molecule is CN=C(NCC(=O)NC(C)(C)C)NCc1ccc(C)cc1OCCCOC. The molecule has 0 aliphatic heterocycles. The molecule has 7 nitrogen and oxygen atoms in total. The van der Waals surface area contributed by atoms with E-state index in [1.54, 1.807) is 14.2 Å². The summed E-state index contributed by atoms with van der Waals surface area (Å²) in [6, 6.07) is 6.11. The first-order valence-corrected chi connectivity index (χ1v) is 9.22. The summed E-state index contributed by atoms with van der Waals surface area (Å²) < 4.78 is 10.9. The Hall–Kier alpha value is -2.28. The molecule has 1 aromatic carbocycles. The molecule has 3 N–H and O–H groups in total. The lowest BCUT2D eigenvalue weighted by atomic mass is 10.1. The molecule has 27 heavy (non-hydrogen) atoms. The van der Waals surface area contributed by atoms with Crippen LogP contribution in [0.5, 0.6) is 5.75 Å². The number of nitrogens with one attached hydrogen (secondary N) is 3. The molecule has 0 radical (unpaired) electrons. The van der Waals surface area contributed by atoms with Crippen LogP contribution >= 0.6 is 0 Å². The monoisotopic (exact) mass is 378 g/mol. The molecule has 0 aliphatic carbocycles. The molecular formula is C20H34N4O3. The number of guanidine groups is 1. The average Bonchev–Trinajstić information content (AvgIpc) is 2.58. The molecule has 7 heteroatoms. The number of benzene rings is 1. The number of ether oxygens (including phenoxy) is 2. The van der Waals surface area contributed by atoms with Gasteiger partial charge in [-0.05, 0) is 39.3 Å². The summed E-state index contributed by atoms with van der Waals surface area (Å²) in [5, 5.41) is 9.15. The van der Waals surface area contributed by atoms with E-state index in [1.165, 1.54) is 0 Å². The molecule has 1 rings (SSSR count). The molecule has 0 unspecified atom stereocenters. The maximum Gasteiger partial charge on any atom is 0.239 e. The van der Waals surface area contributed by atoms with E-state index in [1.807, 2.05) is 45.9 Å². The second-order valence-corrected chi connectivity index (χ2v) is 7.38. The number of nitrogens with zero attached hydrogens (tertiary/aromatic N) is 1. The van der Waals surface area contributed by atoms with E-state index in [9.17, 15) is 4.79 Å². The third kappa shape index (κ3) is 9.84. The van der Waals surface area contributed by atoms with Gasteiger partial charge in [0.05, 0.1) is 13.2 Å². The van der Waals surface area contributed by atoms with E-state index in [-0.39, 0.29) is 18.0 Å². The molecule has 0 aliphatic rings. The fraction of sp³-hybridized carbons (Fsp3) is 0.600. The van der Waals surface area contributed by atoms with Gasteiger partial charge in [0.2, 0.25) is 5.91 Å². The summed E-state index contributed by atoms with van der Waals surface area (Å²) in [5.41, 5.74) is 1.91. The van der Waals surface area contributed by atoms with Crippen LogP contribution in [-0.2, 0) is 16.1 Å². The number of hydrogen-bond donors (Lipinski definition) is 3. The summed E-state index contributed by atoms with van der Waals surface area (Å²) in [7, 11) is 3.36. The number of carbonyl (C=O) groups excluding carboxylic acids is 1. The van der Waals surface area contributed by atoms with Gasteiger partial charge in [-0.1, -0.05) is 12.1 Å². The molecule has 0 bridgehead atoms. The molecule has 0 fully saturated rings. The van der Waals surface area contributed by atoms with Crippen molar-refractivity contribution >= 4 is 11.9 Å². The highest BCUT2D eigenvalue weighted by molar-refractivity contribution is 5.86. The standard InChI is InChI=1S/C20H34N4O3/c1-15-8-9-16(17(12-15)27-11-7-10-26-6)13-22-19(21-5)23-14-18(25)24-20(2,3)4/h8-9,12H,7,10-11,13-14H2,1-6H3,(H,24,25)(H2,21,22,23). The molecule has 0 aromatic heterocycles. The smallest absolute Gasteiger partial charge is 0.239 e. The minimum atomic E-state index is -0.257. The highest BCUT2D eigenvalue weighted by Crippen LogP contribution is 2.20. The third-order valence-electron chi connectivity index (χ3n) is 3.57. The number of rotatable bonds is 9. The van der Waals surface area contributed by atoms with Crippen molar-refractivity contribution in [1.82, 2.24) is 16.0 Å². The van der Waals surface area contributed by atoms with Crippen molar-refractivity contribution in [3.63, 3.8) is 0 Å². The summed E-state index contributed by atoms with van der Waals surface area (Å²) in [4.78, 5) is 16.1. The van der Waals surface area contributed by atoms with E-state index < -0.39 is 0 Å². The van der Waals surface area contributed by atoms with Crippen LogP contribution in [0.2, 0.25) is 0 Å². The van der Waals surface area contributed by atoms with Gasteiger partial charge in [-0.3, -0.25) is 9.79 Å². The van der Waals surface area contributed by atoms with Crippen molar-refractivity contribution in [1.29, 1.82) is 0 Å². The number of aryl methyl sites for hydroxylation is 1. The van der Waals surface area contributed by atoms with E-state index in [0.29, 0.717) is 25.7 Å². The van der Waals surface area contributed by atoms with Crippen molar-refractivity contribution in [3.8, 4) is 5.75 Å². The zero-order valence-corrected chi connectivity index (χ0v) is 17.4. The van der Waals surface area contributed by atoms with Crippen molar-refractivity contribution in [3.05, 3.63) is 29.3 Å². The van der Waals surface area contributed by atoms with Gasteiger partial charge in [-0.25, -0.2) is 0 Å². The topological polar surface area (TPSA) is 84.0 Å². The largest absolute Gasteiger partial charge is 0.493 e. The predicted octanol–water partition coefficient (Wildman–Crippen LogP) is 1.99. The molecular weight excluding hydrogens is 344 g/mol. The summed E-state index contributed by atoms with van der Waals surface area (Å²) >= 11 is 0. The molecule has 0 saturated carbocycles. The van der Waals surface area contributed by atoms with Crippen LogP contribution in [0.25, 0.3) is 0 Å². The van der Waals surface area contributed by atoms with Gasteiger partial charge in [0.1, 0.15) is 5.75 Å². The number of amides is 1. The Labute approximate surface area is 162 Å². The quantitative estimate of drug-likeness (QED) is 0.348. The first kappa shape index (κ1) is 22.8. The van der Waals surface area contributed by atoms with Gasteiger partial charge < -0.3 is 25.4 Å². The Morgan fingerprint density at radius 3 is 2.56 bits per heavy atom. The maximum absolute atomic E-state index is 11.9. The minimum Gasteiger partial charge on any atom is -0.493 e. The highest BCUT2D eigenvalue weighted by atomic mass is 16.5. The van der Waals surface area contributed by atoms with Crippen molar-refractivity contribution in [2.45, 2.75) is 46.2 Å².